The number of benzene rings is 3. The first-order valence-electron chi connectivity index (χ1n) is 8.00. The molecule has 0 saturated carbocycles. The van der Waals surface area contributed by atoms with Crippen LogP contribution in [0.5, 0.6) is 11.5 Å². The third kappa shape index (κ3) is 3.70. The number of rotatable bonds is 3. The number of fused-ring (bicyclic) bond motifs is 1. The summed E-state index contributed by atoms with van der Waals surface area (Å²) in [6.07, 6.45) is 0. The van der Waals surface area contributed by atoms with Crippen molar-refractivity contribution < 1.29 is 18.0 Å². The highest BCUT2D eigenvalue weighted by Crippen LogP contribution is 2.58. The number of hydrogen-bond acceptors (Lipinski definition) is 3. The van der Waals surface area contributed by atoms with Crippen LogP contribution < -0.4 is 13.7 Å². The van der Waals surface area contributed by atoms with Crippen LogP contribution in [-0.2, 0) is 11.1 Å². The van der Waals surface area contributed by atoms with Gasteiger partial charge in [0.2, 0.25) is 0 Å². The molecule has 4 rings (SSSR count). The van der Waals surface area contributed by atoms with Gasteiger partial charge in [-0.2, -0.15) is 0 Å². The lowest BCUT2D eigenvalue weighted by molar-refractivity contribution is 0.370. The van der Waals surface area contributed by atoms with Crippen molar-refractivity contribution in [3.8, 4) is 11.5 Å². The fraction of sp³-hybridized carbons (Fsp3) is 0.0526. The summed E-state index contributed by atoms with van der Waals surface area (Å²) in [7, 11) is -3.81. The molecule has 3 aromatic carbocycles. The zero-order valence-corrected chi connectivity index (χ0v) is 17.0. The lowest BCUT2D eigenvalue weighted by Crippen LogP contribution is -2.29. The third-order valence-electron chi connectivity index (χ3n) is 4.04. The summed E-state index contributed by atoms with van der Waals surface area (Å²) < 4.78 is 41.2. The molecule has 0 radical (unpaired) electrons. The van der Waals surface area contributed by atoms with Crippen molar-refractivity contribution in [2.75, 3.05) is 4.67 Å². The van der Waals surface area contributed by atoms with E-state index in [9.17, 15) is 8.96 Å². The summed E-state index contributed by atoms with van der Waals surface area (Å²) in [4.78, 5) is 0. The van der Waals surface area contributed by atoms with Crippen molar-refractivity contribution in [2.45, 2.75) is 6.54 Å². The van der Waals surface area contributed by atoms with E-state index in [1.54, 1.807) is 36.4 Å². The van der Waals surface area contributed by atoms with E-state index >= 15 is 0 Å². The minimum absolute atomic E-state index is 0.0680. The summed E-state index contributed by atoms with van der Waals surface area (Å²) >= 11 is 9.28. The van der Waals surface area contributed by atoms with Gasteiger partial charge in [-0.1, -0.05) is 45.7 Å². The fourth-order valence-electron chi connectivity index (χ4n) is 2.72. The second kappa shape index (κ2) is 7.19. The Labute approximate surface area is 169 Å². The molecule has 138 valence electrons. The number of anilines is 1. The SMILES string of the molecule is O=P1(Oc2ccc(Br)cc2)Oc2ccccc2CN1c1ccc(F)c(Cl)c1. The van der Waals surface area contributed by atoms with Crippen LogP contribution in [0.15, 0.2) is 71.2 Å². The molecule has 1 unspecified atom stereocenters. The summed E-state index contributed by atoms with van der Waals surface area (Å²) in [6, 6.07) is 18.3. The first-order chi connectivity index (χ1) is 12.9. The number of nitrogens with zero attached hydrogens (tertiary/aromatic N) is 1. The van der Waals surface area contributed by atoms with Crippen LogP contribution in [0.2, 0.25) is 5.02 Å². The van der Waals surface area contributed by atoms with Gasteiger partial charge >= 0.3 is 7.75 Å². The Balaban J connectivity index is 1.78. The minimum Gasteiger partial charge on any atom is -0.400 e. The fourth-order valence-corrected chi connectivity index (χ4v) is 4.94. The Kier molecular flexibility index (Phi) is 4.89. The van der Waals surface area contributed by atoms with Gasteiger partial charge in [-0.05, 0) is 48.5 Å². The van der Waals surface area contributed by atoms with E-state index in [4.69, 9.17) is 20.6 Å². The lowest BCUT2D eigenvalue weighted by atomic mass is 10.2. The van der Waals surface area contributed by atoms with Crippen LogP contribution in [-0.4, -0.2) is 0 Å². The molecule has 27 heavy (non-hydrogen) atoms. The molecular formula is C19H13BrClFNO3P. The van der Waals surface area contributed by atoms with Gasteiger partial charge in [-0.3, -0.25) is 4.67 Å². The normalized spacial score (nSPS) is 18.6. The van der Waals surface area contributed by atoms with Gasteiger partial charge in [0.05, 0.1) is 17.3 Å². The standard InChI is InChI=1S/C19H13BrClFNO3P/c20-14-5-8-16(9-6-14)25-27(24)23(15-7-10-18(22)17(21)11-15)12-13-3-1-2-4-19(13)26-27/h1-11H,12H2. The van der Waals surface area contributed by atoms with E-state index < -0.39 is 13.6 Å². The van der Waals surface area contributed by atoms with Crippen molar-refractivity contribution in [1.82, 2.24) is 0 Å². The number of para-hydroxylation sites is 1. The van der Waals surface area contributed by atoms with Crippen LogP contribution in [0.3, 0.4) is 0 Å². The van der Waals surface area contributed by atoms with E-state index in [1.165, 1.54) is 22.9 Å². The first kappa shape index (κ1) is 18.4. The molecule has 3 aromatic rings. The predicted molar refractivity (Wildman–Crippen MR) is 107 cm³/mol. The summed E-state index contributed by atoms with van der Waals surface area (Å²) in [5, 5.41) is -0.0680. The lowest BCUT2D eigenvalue weighted by Gasteiger charge is -2.36. The smallest absolute Gasteiger partial charge is 0.400 e. The van der Waals surface area contributed by atoms with Gasteiger partial charge < -0.3 is 9.05 Å². The summed E-state index contributed by atoms with van der Waals surface area (Å²) in [5.41, 5.74) is 1.28. The maximum atomic E-state index is 13.7. The average Bonchev–Trinajstić information content (AvgIpc) is 2.65. The topological polar surface area (TPSA) is 38.8 Å². The van der Waals surface area contributed by atoms with Gasteiger partial charge in [-0.15, -0.1) is 0 Å². The van der Waals surface area contributed by atoms with Gasteiger partial charge in [0.1, 0.15) is 17.3 Å². The van der Waals surface area contributed by atoms with Crippen molar-refractivity contribution in [2.24, 2.45) is 0 Å². The monoisotopic (exact) mass is 467 g/mol. The van der Waals surface area contributed by atoms with Crippen molar-refractivity contribution in [1.29, 1.82) is 0 Å². The molecule has 0 aliphatic carbocycles. The Hall–Kier alpha value is -2.01. The Morgan fingerprint density at radius 1 is 1.11 bits per heavy atom. The number of halogens is 3. The average molecular weight is 469 g/mol. The van der Waals surface area contributed by atoms with Crippen LogP contribution in [0.25, 0.3) is 0 Å². The predicted octanol–water partition coefficient (Wildman–Crippen LogP) is 6.83. The summed E-state index contributed by atoms with van der Waals surface area (Å²) in [5.74, 6) is 0.323. The van der Waals surface area contributed by atoms with Crippen LogP contribution in [0.4, 0.5) is 10.1 Å². The van der Waals surface area contributed by atoms with Gasteiger partial charge in [0.25, 0.3) is 0 Å². The molecule has 1 heterocycles. The Morgan fingerprint density at radius 3 is 2.59 bits per heavy atom. The van der Waals surface area contributed by atoms with Crippen molar-refractivity contribution in [3.05, 3.63) is 87.6 Å². The second-order valence-electron chi connectivity index (χ2n) is 5.87. The van der Waals surface area contributed by atoms with Crippen molar-refractivity contribution >= 4 is 41.0 Å². The molecule has 0 bridgehead atoms. The van der Waals surface area contributed by atoms with Gasteiger partial charge in [-0.25, -0.2) is 8.96 Å². The molecule has 0 spiro atoms. The zero-order valence-electron chi connectivity index (χ0n) is 13.8. The highest BCUT2D eigenvalue weighted by atomic mass is 79.9. The van der Waals surface area contributed by atoms with Crippen LogP contribution in [0.1, 0.15) is 5.56 Å². The van der Waals surface area contributed by atoms with Crippen molar-refractivity contribution in [3.63, 3.8) is 0 Å². The molecule has 0 saturated heterocycles. The highest BCUT2D eigenvalue weighted by molar-refractivity contribution is 9.10. The van der Waals surface area contributed by atoms with E-state index in [0.717, 1.165) is 10.0 Å². The largest absolute Gasteiger partial charge is 0.544 e. The molecule has 0 amide bonds. The maximum Gasteiger partial charge on any atom is 0.544 e. The van der Waals surface area contributed by atoms with E-state index in [-0.39, 0.29) is 11.6 Å². The highest BCUT2D eigenvalue weighted by Gasteiger charge is 2.42. The Morgan fingerprint density at radius 2 is 1.85 bits per heavy atom. The maximum absolute atomic E-state index is 13.7. The number of hydrogen-bond donors (Lipinski definition) is 0. The van der Waals surface area contributed by atoms with E-state index in [0.29, 0.717) is 17.2 Å². The molecule has 8 heteroatoms. The molecule has 0 aromatic heterocycles. The second-order valence-corrected chi connectivity index (χ2v) is 8.98. The van der Waals surface area contributed by atoms with E-state index in [1.807, 2.05) is 12.1 Å². The molecule has 1 aliphatic rings. The quantitative estimate of drug-likeness (QED) is 0.395. The molecule has 1 atom stereocenters. The molecule has 4 nitrogen and oxygen atoms in total. The third-order valence-corrected chi connectivity index (χ3v) is 6.69. The molecule has 0 N–H and O–H groups in total. The van der Waals surface area contributed by atoms with E-state index in [2.05, 4.69) is 15.9 Å². The molecule has 0 fully saturated rings. The van der Waals surface area contributed by atoms with Gasteiger partial charge in [0.15, 0.2) is 0 Å². The van der Waals surface area contributed by atoms with Crippen LogP contribution in [0, 0.1) is 5.82 Å². The molecular weight excluding hydrogens is 456 g/mol. The first-order valence-corrected chi connectivity index (χ1v) is 10.7. The van der Waals surface area contributed by atoms with Gasteiger partial charge in [0, 0.05) is 10.0 Å². The summed E-state index contributed by atoms with van der Waals surface area (Å²) in [6.45, 7) is 0.270. The minimum atomic E-state index is -3.81. The Bertz CT molecular complexity index is 1050. The van der Waals surface area contributed by atoms with Crippen LogP contribution >= 0.6 is 35.3 Å². The zero-order chi connectivity index (χ0) is 19.0. The molecule has 1 aliphatic heterocycles.